The van der Waals surface area contributed by atoms with Crippen molar-refractivity contribution in [3.8, 4) is 0 Å². The lowest BCUT2D eigenvalue weighted by Gasteiger charge is -2.29. The SMILES string of the molecule is [2H]C1([2H])c2c(NCc3cccc(CN4CCOCC4)c3F)cccc2C(=O)N1C1C(=O)NC(=O)C([2H])([2H])C1([2H])[2H]. The first-order chi connectivity index (χ1) is 18.8. The van der Waals surface area contributed by atoms with Gasteiger partial charge in [0.25, 0.3) is 5.91 Å². The molecule has 0 radical (unpaired) electrons. The summed E-state index contributed by atoms with van der Waals surface area (Å²) >= 11 is 0. The Kier molecular flexibility index (Phi) is 4.58. The Morgan fingerprint density at radius 2 is 1.88 bits per heavy atom. The summed E-state index contributed by atoms with van der Waals surface area (Å²) in [7, 11) is 0. The Morgan fingerprint density at radius 1 is 1.12 bits per heavy atom. The summed E-state index contributed by atoms with van der Waals surface area (Å²) in [6, 6.07) is 6.95. The van der Waals surface area contributed by atoms with E-state index in [0.29, 0.717) is 48.9 Å². The van der Waals surface area contributed by atoms with Gasteiger partial charge in [-0.25, -0.2) is 4.39 Å². The number of rotatable bonds is 6. The van der Waals surface area contributed by atoms with Gasteiger partial charge in [0.05, 0.1) is 16.0 Å². The van der Waals surface area contributed by atoms with Gasteiger partial charge in [-0.15, -0.1) is 0 Å². The molecule has 3 aliphatic rings. The molecule has 9 heteroatoms. The van der Waals surface area contributed by atoms with Crippen molar-refractivity contribution in [2.24, 2.45) is 0 Å². The molecule has 0 spiro atoms. The van der Waals surface area contributed by atoms with Crippen molar-refractivity contribution >= 4 is 23.4 Å². The number of anilines is 1. The lowest BCUT2D eigenvalue weighted by atomic mass is 10.0. The maximum Gasteiger partial charge on any atom is 0.255 e. The van der Waals surface area contributed by atoms with Gasteiger partial charge in [0.15, 0.2) is 0 Å². The second kappa shape index (κ2) is 9.52. The lowest BCUT2D eigenvalue weighted by Crippen LogP contribution is -2.52. The average Bonchev–Trinajstić information content (AvgIpc) is 3.10. The minimum atomic E-state index is -3.24. The molecule has 0 aromatic heterocycles. The first-order valence-electron chi connectivity index (χ1n) is 13.9. The third-order valence-electron chi connectivity index (χ3n) is 5.94. The average molecular weight is 473 g/mol. The van der Waals surface area contributed by atoms with Gasteiger partial charge in [-0.1, -0.05) is 24.3 Å². The van der Waals surface area contributed by atoms with E-state index in [1.165, 1.54) is 18.2 Å². The fourth-order valence-corrected chi connectivity index (χ4v) is 4.16. The van der Waals surface area contributed by atoms with Gasteiger partial charge in [0.1, 0.15) is 11.9 Å². The molecule has 2 N–H and O–H groups in total. The molecule has 1 unspecified atom stereocenters. The molecule has 1 atom stereocenters. The third kappa shape index (κ3) is 4.41. The van der Waals surface area contributed by atoms with Gasteiger partial charge in [-0.05, 0) is 18.5 Å². The normalized spacial score (nSPS) is 28.0. The molecule has 34 heavy (non-hydrogen) atoms. The maximum absolute atomic E-state index is 15.4. The third-order valence-corrected chi connectivity index (χ3v) is 5.94. The van der Waals surface area contributed by atoms with E-state index in [1.807, 2.05) is 0 Å². The molecule has 8 nitrogen and oxygen atoms in total. The number of benzene rings is 2. The number of piperidine rings is 1. The summed E-state index contributed by atoms with van der Waals surface area (Å²) < 4.78 is 70.6. The summed E-state index contributed by atoms with van der Waals surface area (Å²) in [6.07, 6.45) is -6.46. The zero-order chi connectivity index (χ0) is 29.0. The Labute approximate surface area is 205 Å². The van der Waals surface area contributed by atoms with E-state index in [2.05, 4.69) is 10.2 Å². The van der Waals surface area contributed by atoms with Gasteiger partial charge < -0.3 is 15.0 Å². The monoisotopic (exact) mass is 472 g/mol. The Balaban J connectivity index is 1.43. The van der Waals surface area contributed by atoms with Crippen LogP contribution in [0.3, 0.4) is 0 Å². The summed E-state index contributed by atoms with van der Waals surface area (Å²) in [6.45, 7) is 0.0745. The van der Waals surface area contributed by atoms with Crippen molar-refractivity contribution < 1.29 is 31.7 Å². The van der Waals surface area contributed by atoms with Crippen LogP contribution in [0.1, 0.15) is 48.0 Å². The Bertz CT molecular complexity index is 1390. The van der Waals surface area contributed by atoms with E-state index < -0.39 is 48.8 Å². The number of nitrogens with zero attached hydrogens (tertiary/aromatic N) is 2. The van der Waals surface area contributed by atoms with Crippen LogP contribution in [0.4, 0.5) is 10.1 Å². The number of carbonyl (C=O) groups excluding carboxylic acids is 3. The standard InChI is InChI=1S/C25H27FN4O4/c26-23-16(3-1-4-17(23)14-29-9-11-34-12-10-29)13-27-20-6-2-5-18-19(20)15-30(25(18)33)21-7-8-22(31)28-24(21)32/h1-6,21,27H,7-15H2,(H,28,31,32)/i7D2,8D2,15D2. The summed E-state index contributed by atoms with van der Waals surface area (Å²) in [5.74, 6) is -4.31. The number of carbonyl (C=O) groups is 3. The van der Waals surface area contributed by atoms with Crippen LogP contribution in [0.2, 0.25) is 0 Å². The smallest absolute Gasteiger partial charge is 0.255 e. The second-order valence-electron chi connectivity index (χ2n) is 8.14. The fourth-order valence-electron chi connectivity index (χ4n) is 4.16. The lowest BCUT2D eigenvalue weighted by molar-refractivity contribution is -0.136. The van der Waals surface area contributed by atoms with Crippen molar-refractivity contribution in [1.29, 1.82) is 0 Å². The quantitative estimate of drug-likeness (QED) is 0.626. The number of halogens is 1. The van der Waals surface area contributed by atoms with Crippen molar-refractivity contribution in [2.45, 2.75) is 38.4 Å². The van der Waals surface area contributed by atoms with Gasteiger partial charge in [-0.3, -0.25) is 24.6 Å². The number of imide groups is 1. The highest BCUT2D eigenvalue weighted by Crippen LogP contribution is 2.32. The van der Waals surface area contributed by atoms with Crippen LogP contribution in [-0.2, 0) is 33.9 Å². The van der Waals surface area contributed by atoms with Crippen molar-refractivity contribution in [1.82, 2.24) is 15.1 Å². The number of nitrogens with one attached hydrogen (secondary N) is 2. The van der Waals surface area contributed by atoms with Crippen LogP contribution < -0.4 is 10.6 Å². The molecule has 2 fully saturated rings. The van der Waals surface area contributed by atoms with Gasteiger partial charge in [0.2, 0.25) is 11.8 Å². The molecule has 3 amide bonds. The van der Waals surface area contributed by atoms with E-state index >= 15 is 4.39 Å². The number of fused-ring (bicyclic) bond motifs is 1. The van der Waals surface area contributed by atoms with Crippen LogP contribution in [-0.4, -0.2) is 59.9 Å². The molecule has 5 rings (SSSR count). The van der Waals surface area contributed by atoms with Gasteiger partial charge in [0, 0.05) is 72.5 Å². The highest BCUT2D eigenvalue weighted by molar-refractivity contribution is 6.06. The summed E-state index contributed by atoms with van der Waals surface area (Å²) in [5, 5.41) is 4.69. The van der Waals surface area contributed by atoms with Crippen LogP contribution in [0.5, 0.6) is 0 Å². The second-order valence-corrected chi connectivity index (χ2v) is 8.14. The van der Waals surface area contributed by atoms with Crippen LogP contribution in [0.15, 0.2) is 36.4 Å². The molecule has 2 aromatic carbocycles. The topological polar surface area (TPSA) is 91.0 Å². The highest BCUT2D eigenvalue weighted by Gasteiger charge is 2.39. The molecular formula is C25H27FN4O4. The Hall–Kier alpha value is -3.30. The van der Waals surface area contributed by atoms with E-state index in [0.717, 1.165) is 0 Å². The van der Waals surface area contributed by atoms with E-state index in [1.54, 1.807) is 23.5 Å². The summed E-state index contributed by atoms with van der Waals surface area (Å²) in [5.41, 5.74) is 0.543. The molecule has 178 valence electrons. The number of amides is 3. The molecule has 0 saturated carbocycles. The van der Waals surface area contributed by atoms with Crippen molar-refractivity contribution in [3.05, 3.63) is 64.5 Å². The number of morpholine rings is 1. The van der Waals surface area contributed by atoms with E-state index in [9.17, 15) is 14.4 Å². The molecule has 2 saturated heterocycles. The van der Waals surface area contributed by atoms with Crippen molar-refractivity contribution in [2.75, 3.05) is 31.6 Å². The fraction of sp³-hybridized carbons (Fsp3) is 0.400. The molecule has 2 aromatic rings. The van der Waals surface area contributed by atoms with E-state index in [4.69, 9.17) is 13.0 Å². The minimum absolute atomic E-state index is 0.0642. The number of hydrogen-bond donors (Lipinski definition) is 2. The number of ether oxygens (including phenoxy) is 1. The molecular weight excluding hydrogens is 439 g/mol. The molecule has 3 aliphatic heterocycles. The van der Waals surface area contributed by atoms with Crippen LogP contribution in [0, 0.1) is 5.82 Å². The Morgan fingerprint density at radius 3 is 2.71 bits per heavy atom. The zero-order valence-corrected chi connectivity index (χ0v) is 18.2. The number of hydrogen-bond acceptors (Lipinski definition) is 6. The van der Waals surface area contributed by atoms with Crippen molar-refractivity contribution in [3.63, 3.8) is 0 Å². The minimum Gasteiger partial charge on any atom is -0.381 e. The maximum atomic E-state index is 15.4. The first kappa shape index (κ1) is 16.3. The first-order valence-corrected chi connectivity index (χ1v) is 10.9. The predicted molar refractivity (Wildman–Crippen MR) is 122 cm³/mol. The van der Waals surface area contributed by atoms with E-state index in [-0.39, 0.29) is 23.4 Å². The molecule has 3 heterocycles. The van der Waals surface area contributed by atoms with Gasteiger partial charge in [-0.2, -0.15) is 0 Å². The highest BCUT2D eigenvalue weighted by atomic mass is 19.1. The van der Waals surface area contributed by atoms with Crippen LogP contribution in [0.25, 0.3) is 0 Å². The largest absolute Gasteiger partial charge is 0.381 e. The molecule has 0 bridgehead atoms. The summed E-state index contributed by atoms with van der Waals surface area (Å²) in [4.78, 5) is 40.5. The van der Waals surface area contributed by atoms with Gasteiger partial charge >= 0.3 is 0 Å². The molecule has 0 aliphatic carbocycles. The zero-order valence-electron chi connectivity index (χ0n) is 24.2. The van der Waals surface area contributed by atoms with Crippen LogP contribution >= 0.6 is 0 Å². The predicted octanol–water partition coefficient (Wildman–Crippen LogP) is 2.03.